The number of benzene rings is 1. The molecule has 4 nitrogen and oxygen atoms in total. The van der Waals surface area contributed by atoms with Gasteiger partial charge in [0.25, 0.3) is 0 Å². The second-order valence-electron chi connectivity index (χ2n) is 6.41. The average molecular weight is 266 g/mol. The Kier molecular flexibility index (Phi) is 4.13. The Balaban J connectivity index is 3.25. The highest BCUT2D eigenvalue weighted by atomic mass is 16.5. The quantitative estimate of drug-likeness (QED) is 0.850. The number of hydrogen-bond acceptors (Lipinski definition) is 4. The number of carbonyl (C=O) groups is 1. The summed E-state index contributed by atoms with van der Waals surface area (Å²) in [7, 11) is 0. The van der Waals surface area contributed by atoms with Crippen LogP contribution >= 0.6 is 0 Å². The third kappa shape index (κ3) is 4.81. The largest absolute Gasteiger partial charge is 0.502 e. The molecule has 0 saturated heterocycles. The Morgan fingerprint density at radius 1 is 0.947 bits per heavy atom. The molecule has 0 aromatic heterocycles. The Morgan fingerprint density at radius 2 is 1.32 bits per heavy atom. The van der Waals surface area contributed by atoms with Gasteiger partial charge in [-0.3, -0.25) is 4.79 Å². The van der Waals surface area contributed by atoms with Gasteiger partial charge in [0, 0.05) is 5.56 Å². The molecule has 0 radical (unpaired) electrons. The van der Waals surface area contributed by atoms with Gasteiger partial charge in [0.1, 0.15) is 17.5 Å². The first kappa shape index (κ1) is 15.3. The van der Waals surface area contributed by atoms with Gasteiger partial charge in [-0.05, 0) is 53.7 Å². The van der Waals surface area contributed by atoms with Crippen LogP contribution in [-0.4, -0.2) is 22.6 Å². The molecule has 0 amide bonds. The van der Waals surface area contributed by atoms with E-state index in [1.54, 1.807) is 0 Å². The summed E-state index contributed by atoms with van der Waals surface area (Å²) in [5.74, 6) is 0.406. The predicted octanol–water partition coefficient (Wildman–Crippen LogP) is 3.56. The van der Waals surface area contributed by atoms with Crippen LogP contribution in [0, 0.1) is 0 Å². The second-order valence-corrected chi connectivity index (χ2v) is 6.41. The fourth-order valence-corrected chi connectivity index (χ4v) is 1.49. The minimum Gasteiger partial charge on any atom is -0.502 e. The highest BCUT2D eigenvalue weighted by Gasteiger charge is 2.21. The summed E-state index contributed by atoms with van der Waals surface area (Å²) in [4.78, 5) is 11.0. The molecule has 0 fully saturated rings. The van der Waals surface area contributed by atoms with Crippen molar-refractivity contribution in [1.29, 1.82) is 0 Å². The van der Waals surface area contributed by atoms with Crippen LogP contribution in [0.5, 0.6) is 17.2 Å². The van der Waals surface area contributed by atoms with Crippen molar-refractivity contribution in [1.82, 2.24) is 0 Å². The predicted molar refractivity (Wildman–Crippen MR) is 74.3 cm³/mol. The monoisotopic (exact) mass is 266 g/mol. The van der Waals surface area contributed by atoms with Gasteiger partial charge in [-0.2, -0.15) is 0 Å². The summed E-state index contributed by atoms with van der Waals surface area (Å²) >= 11 is 0. The molecular formula is C15H22O4. The number of rotatable bonds is 3. The standard InChI is InChI=1S/C15H22O4/c1-14(2,3)18-11-7-10(9-16)8-12(13(11)17)19-15(4,5)6/h7-9,17H,1-6H3. The Bertz CT molecular complexity index is 427. The van der Waals surface area contributed by atoms with E-state index in [0.29, 0.717) is 11.8 Å². The highest BCUT2D eigenvalue weighted by molar-refractivity contribution is 5.78. The van der Waals surface area contributed by atoms with Crippen molar-refractivity contribution in [3.8, 4) is 17.2 Å². The zero-order chi connectivity index (χ0) is 14.8. The van der Waals surface area contributed by atoms with Gasteiger partial charge in [-0.15, -0.1) is 0 Å². The average Bonchev–Trinajstić information content (AvgIpc) is 2.19. The lowest BCUT2D eigenvalue weighted by atomic mass is 10.1. The van der Waals surface area contributed by atoms with Crippen molar-refractivity contribution in [3.63, 3.8) is 0 Å². The molecule has 0 aliphatic heterocycles. The third-order valence-electron chi connectivity index (χ3n) is 2.03. The molecular weight excluding hydrogens is 244 g/mol. The minimum absolute atomic E-state index is 0.0875. The Morgan fingerprint density at radius 3 is 1.58 bits per heavy atom. The van der Waals surface area contributed by atoms with Crippen LogP contribution in [0.4, 0.5) is 0 Å². The van der Waals surface area contributed by atoms with Crippen molar-refractivity contribution in [2.45, 2.75) is 52.7 Å². The highest BCUT2D eigenvalue weighted by Crippen LogP contribution is 2.40. The first-order valence-electron chi connectivity index (χ1n) is 6.22. The Labute approximate surface area is 114 Å². The summed E-state index contributed by atoms with van der Waals surface area (Å²) in [5, 5.41) is 10.2. The smallest absolute Gasteiger partial charge is 0.200 e. The van der Waals surface area contributed by atoms with Crippen LogP contribution in [0.25, 0.3) is 0 Å². The molecule has 1 aromatic rings. The minimum atomic E-state index is -0.474. The van der Waals surface area contributed by atoms with Crippen molar-refractivity contribution in [3.05, 3.63) is 17.7 Å². The van der Waals surface area contributed by atoms with Crippen LogP contribution in [0.3, 0.4) is 0 Å². The van der Waals surface area contributed by atoms with Gasteiger partial charge in [-0.25, -0.2) is 0 Å². The summed E-state index contributed by atoms with van der Waals surface area (Å²) in [6, 6.07) is 3.01. The van der Waals surface area contributed by atoms with Gasteiger partial charge in [0.05, 0.1) is 0 Å². The number of aromatic hydroxyl groups is 1. The van der Waals surface area contributed by atoms with E-state index in [-0.39, 0.29) is 17.2 Å². The maximum Gasteiger partial charge on any atom is 0.200 e. The number of ether oxygens (including phenoxy) is 2. The van der Waals surface area contributed by atoms with Crippen LogP contribution in [0.1, 0.15) is 51.9 Å². The fraction of sp³-hybridized carbons (Fsp3) is 0.533. The molecule has 1 N–H and O–H groups in total. The van der Waals surface area contributed by atoms with Crippen LogP contribution < -0.4 is 9.47 Å². The molecule has 1 rings (SSSR count). The molecule has 0 heterocycles. The van der Waals surface area contributed by atoms with E-state index in [1.807, 2.05) is 41.5 Å². The number of phenols is 1. The molecule has 19 heavy (non-hydrogen) atoms. The molecule has 0 aliphatic carbocycles. The van der Waals surface area contributed by atoms with Crippen molar-refractivity contribution < 1.29 is 19.4 Å². The number of phenolic OH excluding ortho intramolecular Hbond substituents is 1. The first-order chi connectivity index (χ1) is 8.52. The summed E-state index contributed by atoms with van der Waals surface area (Å²) in [5.41, 5.74) is -0.549. The molecule has 0 bridgehead atoms. The SMILES string of the molecule is CC(C)(C)Oc1cc(C=O)cc(OC(C)(C)C)c1O. The normalized spacial score (nSPS) is 12.1. The molecule has 0 atom stereocenters. The zero-order valence-electron chi connectivity index (χ0n) is 12.4. The van der Waals surface area contributed by atoms with E-state index in [9.17, 15) is 9.90 Å². The molecule has 106 valence electrons. The molecule has 0 saturated carbocycles. The molecule has 0 unspecified atom stereocenters. The van der Waals surface area contributed by atoms with Crippen molar-refractivity contribution in [2.75, 3.05) is 0 Å². The van der Waals surface area contributed by atoms with Crippen LogP contribution in [-0.2, 0) is 0 Å². The number of aldehydes is 1. The lowest BCUT2D eigenvalue weighted by Crippen LogP contribution is -2.24. The summed E-state index contributed by atoms with van der Waals surface area (Å²) < 4.78 is 11.3. The van der Waals surface area contributed by atoms with Crippen LogP contribution in [0.15, 0.2) is 12.1 Å². The van der Waals surface area contributed by atoms with E-state index in [2.05, 4.69) is 0 Å². The van der Waals surface area contributed by atoms with E-state index < -0.39 is 11.2 Å². The molecule has 4 heteroatoms. The fourth-order valence-electron chi connectivity index (χ4n) is 1.49. The first-order valence-corrected chi connectivity index (χ1v) is 6.22. The van der Waals surface area contributed by atoms with Crippen LogP contribution in [0.2, 0.25) is 0 Å². The summed E-state index contributed by atoms with van der Waals surface area (Å²) in [6.07, 6.45) is 0.699. The molecule has 0 spiro atoms. The van der Waals surface area contributed by atoms with Gasteiger partial charge < -0.3 is 14.6 Å². The second kappa shape index (κ2) is 5.11. The molecule has 0 aliphatic rings. The van der Waals surface area contributed by atoms with E-state index in [4.69, 9.17) is 9.47 Å². The van der Waals surface area contributed by atoms with Gasteiger partial charge >= 0.3 is 0 Å². The van der Waals surface area contributed by atoms with Gasteiger partial charge in [-0.1, -0.05) is 0 Å². The number of carbonyl (C=O) groups excluding carboxylic acids is 1. The van der Waals surface area contributed by atoms with E-state index >= 15 is 0 Å². The van der Waals surface area contributed by atoms with Crippen molar-refractivity contribution >= 4 is 6.29 Å². The maximum atomic E-state index is 11.0. The maximum absolute atomic E-state index is 11.0. The summed E-state index contributed by atoms with van der Waals surface area (Å²) in [6.45, 7) is 11.2. The van der Waals surface area contributed by atoms with Gasteiger partial charge in [0.2, 0.25) is 5.75 Å². The number of hydrogen-bond donors (Lipinski definition) is 1. The van der Waals surface area contributed by atoms with E-state index in [1.165, 1.54) is 12.1 Å². The Hall–Kier alpha value is -1.71. The van der Waals surface area contributed by atoms with E-state index in [0.717, 1.165) is 0 Å². The lowest BCUT2D eigenvalue weighted by Gasteiger charge is -2.25. The third-order valence-corrected chi connectivity index (χ3v) is 2.03. The zero-order valence-corrected chi connectivity index (χ0v) is 12.4. The van der Waals surface area contributed by atoms with Crippen molar-refractivity contribution in [2.24, 2.45) is 0 Å². The lowest BCUT2D eigenvalue weighted by molar-refractivity contribution is 0.108. The van der Waals surface area contributed by atoms with Gasteiger partial charge in [0.15, 0.2) is 11.5 Å². The molecule has 1 aromatic carbocycles. The topological polar surface area (TPSA) is 55.8 Å².